The summed E-state index contributed by atoms with van der Waals surface area (Å²) in [6, 6.07) is 9.93. The van der Waals surface area contributed by atoms with Gasteiger partial charge in [0.1, 0.15) is 6.61 Å². The average Bonchev–Trinajstić information content (AvgIpc) is 2.54. The van der Waals surface area contributed by atoms with Gasteiger partial charge in [0.2, 0.25) is 5.91 Å². The van der Waals surface area contributed by atoms with Crippen molar-refractivity contribution in [1.82, 2.24) is 5.32 Å². The molecule has 1 fully saturated rings. The molecular formula is C18H27NO2. The molecule has 1 aliphatic rings. The molecule has 3 heteroatoms. The van der Waals surface area contributed by atoms with Gasteiger partial charge in [-0.3, -0.25) is 4.79 Å². The fraction of sp³-hybridized carbons (Fsp3) is 0.611. The predicted octanol–water partition coefficient (Wildman–Crippen LogP) is 3.68. The highest BCUT2D eigenvalue weighted by Crippen LogP contribution is 2.26. The van der Waals surface area contributed by atoms with Crippen LogP contribution in [0, 0.1) is 5.92 Å². The van der Waals surface area contributed by atoms with Gasteiger partial charge in [0, 0.05) is 6.54 Å². The maximum atomic E-state index is 11.6. The first-order chi connectivity index (χ1) is 10.3. The van der Waals surface area contributed by atoms with Crippen molar-refractivity contribution < 1.29 is 9.53 Å². The Bertz CT molecular complexity index is 399. The molecule has 0 radical (unpaired) electrons. The van der Waals surface area contributed by atoms with Crippen LogP contribution in [-0.4, -0.2) is 19.1 Å². The molecule has 2 rings (SSSR count). The zero-order chi connectivity index (χ0) is 14.8. The van der Waals surface area contributed by atoms with Crippen molar-refractivity contribution in [3.63, 3.8) is 0 Å². The lowest BCUT2D eigenvalue weighted by molar-refractivity contribution is -0.126. The molecule has 0 atom stereocenters. The Hall–Kier alpha value is -1.35. The van der Waals surface area contributed by atoms with Gasteiger partial charge in [-0.25, -0.2) is 0 Å². The van der Waals surface area contributed by atoms with Gasteiger partial charge in [0.15, 0.2) is 0 Å². The Morgan fingerprint density at radius 2 is 1.90 bits per heavy atom. The number of hydrogen-bond acceptors (Lipinski definition) is 2. The van der Waals surface area contributed by atoms with Gasteiger partial charge >= 0.3 is 0 Å². The highest BCUT2D eigenvalue weighted by atomic mass is 16.5. The van der Waals surface area contributed by atoms with Crippen LogP contribution in [0.15, 0.2) is 30.3 Å². The number of carbonyl (C=O) groups is 1. The summed E-state index contributed by atoms with van der Waals surface area (Å²) in [7, 11) is 0. The van der Waals surface area contributed by atoms with E-state index in [1.807, 2.05) is 30.3 Å². The van der Waals surface area contributed by atoms with E-state index in [2.05, 4.69) is 5.32 Å². The maximum Gasteiger partial charge on any atom is 0.246 e. The third-order valence-electron chi connectivity index (χ3n) is 4.18. The molecule has 1 amide bonds. The van der Waals surface area contributed by atoms with E-state index in [4.69, 9.17) is 4.74 Å². The second-order valence-electron chi connectivity index (χ2n) is 5.97. The molecule has 1 saturated carbocycles. The summed E-state index contributed by atoms with van der Waals surface area (Å²) in [5, 5.41) is 2.94. The van der Waals surface area contributed by atoms with Crippen molar-refractivity contribution >= 4 is 5.91 Å². The van der Waals surface area contributed by atoms with E-state index in [-0.39, 0.29) is 12.5 Å². The topological polar surface area (TPSA) is 38.3 Å². The fourth-order valence-electron chi connectivity index (χ4n) is 2.98. The molecule has 0 saturated heterocycles. The maximum absolute atomic E-state index is 11.6. The number of amides is 1. The van der Waals surface area contributed by atoms with Crippen molar-refractivity contribution in [2.75, 3.05) is 13.2 Å². The zero-order valence-electron chi connectivity index (χ0n) is 12.9. The molecule has 3 nitrogen and oxygen atoms in total. The van der Waals surface area contributed by atoms with Crippen LogP contribution in [0.3, 0.4) is 0 Å². The van der Waals surface area contributed by atoms with Crippen LogP contribution in [0.5, 0.6) is 0 Å². The number of benzene rings is 1. The lowest BCUT2D eigenvalue weighted by atomic mass is 9.86. The lowest BCUT2D eigenvalue weighted by Crippen LogP contribution is -2.28. The first kappa shape index (κ1) is 16.0. The van der Waals surface area contributed by atoms with Crippen LogP contribution in [0.4, 0.5) is 0 Å². The van der Waals surface area contributed by atoms with E-state index in [1.54, 1.807) is 0 Å². The molecule has 1 N–H and O–H groups in total. The van der Waals surface area contributed by atoms with Crippen molar-refractivity contribution in [2.45, 2.75) is 51.6 Å². The van der Waals surface area contributed by atoms with Crippen LogP contribution >= 0.6 is 0 Å². The monoisotopic (exact) mass is 289 g/mol. The van der Waals surface area contributed by atoms with E-state index in [1.165, 1.54) is 38.5 Å². The molecular weight excluding hydrogens is 262 g/mol. The van der Waals surface area contributed by atoms with Crippen LogP contribution in [-0.2, 0) is 16.1 Å². The minimum absolute atomic E-state index is 0.00502. The fourth-order valence-corrected chi connectivity index (χ4v) is 2.98. The Balaban J connectivity index is 1.47. The van der Waals surface area contributed by atoms with Crippen LogP contribution in [0.2, 0.25) is 0 Å². The average molecular weight is 289 g/mol. The van der Waals surface area contributed by atoms with Gasteiger partial charge in [-0.2, -0.15) is 0 Å². The molecule has 0 aromatic heterocycles. The molecule has 0 unspecified atom stereocenters. The van der Waals surface area contributed by atoms with Crippen LogP contribution < -0.4 is 5.32 Å². The molecule has 116 valence electrons. The Morgan fingerprint density at radius 1 is 1.14 bits per heavy atom. The molecule has 1 aromatic rings. The summed E-state index contributed by atoms with van der Waals surface area (Å²) < 4.78 is 5.42. The number of nitrogens with one attached hydrogen (secondary N) is 1. The quantitative estimate of drug-likeness (QED) is 0.741. The minimum atomic E-state index is -0.00502. The molecule has 1 aromatic carbocycles. The molecule has 0 heterocycles. The highest BCUT2D eigenvalue weighted by Gasteiger charge is 2.12. The molecule has 0 bridgehead atoms. The van der Waals surface area contributed by atoms with E-state index in [9.17, 15) is 4.79 Å². The summed E-state index contributed by atoms with van der Waals surface area (Å²) in [5.41, 5.74) is 1.10. The molecule has 0 spiro atoms. The van der Waals surface area contributed by atoms with Crippen molar-refractivity contribution in [3.8, 4) is 0 Å². The second-order valence-corrected chi connectivity index (χ2v) is 5.97. The van der Waals surface area contributed by atoms with Gasteiger partial charge in [-0.15, -0.1) is 0 Å². The van der Waals surface area contributed by atoms with Crippen LogP contribution in [0.1, 0.15) is 50.5 Å². The van der Waals surface area contributed by atoms with E-state index in [0.717, 1.165) is 24.4 Å². The highest BCUT2D eigenvalue weighted by molar-refractivity contribution is 5.77. The minimum Gasteiger partial charge on any atom is -0.367 e. The number of ether oxygens (including phenoxy) is 1. The predicted molar refractivity (Wildman–Crippen MR) is 84.9 cm³/mol. The number of carbonyl (C=O) groups excluding carboxylic acids is 1. The van der Waals surface area contributed by atoms with Gasteiger partial charge in [0.25, 0.3) is 0 Å². The first-order valence-electron chi connectivity index (χ1n) is 8.23. The standard InChI is InChI=1S/C18H27NO2/c20-18(15-21-14-17-10-5-2-6-11-17)19-13-7-12-16-8-3-1-4-9-16/h2,5-6,10-11,16H,1,3-4,7-9,12-15H2,(H,19,20). The van der Waals surface area contributed by atoms with Crippen molar-refractivity contribution in [2.24, 2.45) is 5.92 Å². The smallest absolute Gasteiger partial charge is 0.246 e. The molecule has 0 aliphatic heterocycles. The first-order valence-corrected chi connectivity index (χ1v) is 8.23. The molecule has 21 heavy (non-hydrogen) atoms. The van der Waals surface area contributed by atoms with E-state index in [0.29, 0.717) is 6.61 Å². The van der Waals surface area contributed by atoms with E-state index < -0.39 is 0 Å². The Morgan fingerprint density at radius 3 is 2.67 bits per heavy atom. The zero-order valence-corrected chi connectivity index (χ0v) is 12.9. The summed E-state index contributed by atoms with van der Waals surface area (Å²) >= 11 is 0. The summed E-state index contributed by atoms with van der Waals surface area (Å²) in [6.45, 7) is 1.43. The Kier molecular flexibility index (Phi) is 7.30. The van der Waals surface area contributed by atoms with Gasteiger partial charge in [-0.05, 0) is 24.3 Å². The summed E-state index contributed by atoms with van der Waals surface area (Å²) in [4.78, 5) is 11.6. The number of rotatable bonds is 8. The third kappa shape index (κ3) is 6.76. The third-order valence-corrected chi connectivity index (χ3v) is 4.18. The SMILES string of the molecule is O=C(COCc1ccccc1)NCCCC1CCCCC1. The second kappa shape index (κ2) is 9.56. The van der Waals surface area contributed by atoms with Gasteiger partial charge in [0.05, 0.1) is 6.61 Å². The normalized spacial score (nSPS) is 15.8. The summed E-state index contributed by atoms with van der Waals surface area (Å²) in [5.74, 6) is 0.888. The largest absolute Gasteiger partial charge is 0.367 e. The van der Waals surface area contributed by atoms with Crippen molar-refractivity contribution in [1.29, 1.82) is 0 Å². The summed E-state index contributed by atoms with van der Waals surface area (Å²) in [6.07, 6.45) is 9.31. The molecule has 1 aliphatic carbocycles. The van der Waals surface area contributed by atoms with Crippen LogP contribution in [0.25, 0.3) is 0 Å². The van der Waals surface area contributed by atoms with Gasteiger partial charge < -0.3 is 10.1 Å². The van der Waals surface area contributed by atoms with Crippen molar-refractivity contribution in [3.05, 3.63) is 35.9 Å². The Labute approximate surface area is 128 Å². The lowest BCUT2D eigenvalue weighted by Gasteiger charge is -2.21. The van der Waals surface area contributed by atoms with E-state index >= 15 is 0 Å². The number of hydrogen-bond donors (Lipinski definition) is 1. The van der Waals surface area contributed by atoms with Gasteiger partial charge in [-0.1, -0.05) is 62.4 Å².